The SMILES string of the molecule is OC(CCCC(F)(F)F)c1ccc2nccnc2c1. The van der Waals surface area contributed by atoms with Crippen LogP contribution < -0.4 is 0 Å². The van der Waals surface area contributed by atoms with E-state index in [1.807, 2.05) is 0 Å². The molecule has 0 bridgehead atoms. The Morgan fingerprint density at radius 2 is 1.79 bits per heavy atom. The van der Waals surface area contributed by atoms with Gasteiger partial charge in [-0.3, -0.25) is 9.97 Å². The molecule has 0 fully saturated rings. The summed E-state index contributed by atoms with van der Waals surface area (Å²) in [4.78, 5) is 8.17. The number of fused-ring (bicyclic) bond motifs is 1. The summed E-state index contributed by atoms with van der Waals surface area (Å²) < 4.78 is 36.1. The summed E-state index contributed by atoms with van der Waals surface area (Å²) in [6.45, 7) is 0. The van der Waals surface area contributed by atoms with Crippen LogP contribution in [0.1, 0.15) is 30.9 Å². The monoisotopic (exact) mass is 270 g/mol. The molecular weight excluding hydrogens is 257 g/mol. The Morgan fingerprint density at radius 3 is 2.47 bits per heavy atom. The molecule has 1 aromatic heterocycles. The second-order valence-electron chi connectivity index (χ2n) is 4.33. The molecule has 0 spiro atoms. The molecule has 19 heavy (non-hydrogen) atoms. The first kappa shape index (κ1) is 13.7. The number of nitrogens with zero attached hydrogens (tertiary/aromatic N) is 2. The van der Waals surface area contributed by atoms with Crippen molar-refractivity contribution >= 4 is 11.0 Å². The maximum absolute atomic E-state index is 12.0. The van der Waals surface area contributed by atoms with Gasteiger partial charge in [-0.25, -0.2) is 0 Å². The molecule has 0 aliphatic heterocycles. The molecule has 0 saturated heterocycles. The zero-order valence-electron chi connectivity index (χ0n) is 10.1. The third-order valence-electron chi connectivity index (χ3n) is 2.82. The van der Waals surface area contributed by atoms with Crippen LogP contribution in [-0.4, -0.2) is 21.3 Å². The predicted octanol–water partition coefficient (Wildman–Crippen LogP) is 3.40. The molecule has 0 saturated carbocycles. The second-order valence-corrected chi connectivity index (χ2v) is 4.33. The van der Waals surface area contributed by atoms with Crippen LogP contribution in [0.15, 0.2) is 30.6 Å². The molecule has 0 aliphatic rings. The van der Waals surface area contributed by atoms with E-state index in [-0.39, 0.29) is 12.8 Å². The van der Waals surface area contributed by atoms with Crippen LogP contribution in [0.2, 0.25) is 0 Å². The Morgan fingerprint density at radius 1 is 1.11 bits per heavy atom. The van der Waals surface area contributed by atoms with Crippen molar-refractivity contribution in [2.75, 3.05) is 0 Å². The van der Waals surface area contributed by atoms with Crippen molar-refractivity contribution in [2.45, 2.75) is 31.5 Å². The quantitative estimate of drug-likeness (QED) is 0.926. The van der Waals surface area contributed by atoms with Gasteiger partial charge in [0.1, 0.15) is 0 Å². The fourth-order valence-corrected chi connectivity index (χ4v) is 1.85. The first-order valence-corrected chi connectivity index (χ1v) is 5.91. The van der Waals surface area contributed by atoms with Gasteiger partial charge in [0.05, 0.1) is 17.1 Å². The number of alkyl halides is 3. The van der Waals surface area contributed by atoms with Gasteiger partial charge in [-0.15, -0.1) is 0 Å². The van der Waals surface area contributed by atoms with Gasteiger partial charge in [-0.1, -0.05) is 6.07 Å². The number of benzene rings is 1. The van der Waals surface area contributed by atoms with Crippen LogP contribution >= 0.6 is 0 Å². The highest BCUT2D eigenvalue weighted by Crippen LogP contribution is 2.27. The van der Waals surface area contributed by atoms with Crippen LogP contribution in [0.4, 0.5) is 13.2 Å². The Labute approximate surface area is 108 Å². The number of hydrogen-bond acceptors (Lipinski definition) is 3. The van der Waals surface area contributed by atoms with E-state index in [1.54, 1.807) is 24.4 Å². The van der Waals surface area contributed by atoms with Gasteiger partial charge in [-0.2, -0.15) is 13.2 Å². The molecule has 1 atom stereocenters. The lowest BCUT2D eigenvalue weighted by Gasteiger charge is -2.12. The van der Waals surface area contributed by atoms with Crippen molar-refractivity contribution in [1.29, 1.82) is 0 Å². The predicted molar refractivity (Wildman–Crippen MR) is 64.4 cm³/mol. The summed E-state index contributed by atoms with van der Waals surface area (Å²) in [5.74, 6) is 0. The summed E-state index contributed by atoms with van der Waals surface area (Å²) in [5.41, 5.74) is 1.87. The Kier molecular flexibility index (Phi) is 3.99. The van der Waals surface area contributed by atoms with E-state index in [0.29, 0.717) is 16.6 Å². The van der Waals surface area contributed by atoms with Gasteiger partial charge < -0.3 is 5.11 Å². The van der Waals surface area contributed by atoms with Crippen molar-refractivity contribution in [2.24, 2.45) is 0 Å². The lowest BCUT2D eigenvalue weighted by atomic mass is 10.0. The van der Waals surface area contributed by atoms with Gasteiger partial charge >= 0.3 is 6.18 Å². The molecule has 0 amide bonds. The summed E-state index contributed by atoms with van der Waals surface area (Å²) in [7, 11) is 0. The zero-order valence-corrected chi connectivity index (χ0v) is 10.1. The second kappa shape index (κ2) is 5.52. The third kappa shape index (κ3) is 3.89. The van der Waals surface area contributed by atoms with E-state index in [0.717, 1.165) is 0 Å². The standard InChI is InChI=1S/C13H13F3N2O/c14-13(15,16)5-1-2-12(19)9-3-4-10-11(8-9)18-7-6-17-10/h3-4,6-8,12,19H,1-2,5H2. The van der Waals surface area contributed by atoms with Gasteiger partial charge in [0.2, 0.25) is 0 Å². The first-order valence-electron chi connectivity index (χ1n) is 5.91. The zero-order chi connectivity index (χ0) is 13.9. The lowest BCUT2D eigenvalue weighted by Crippen LogP contribution is -2.08. The van der Waals surface area contributed by atoms with E-state index in [2.05, 4.69) is 9.97 Å². The van der Waals surface area contributed by atoms with Gasteiger partial charge in [0.15, 0.2) is 0 Å². The first-order chi connectivity index (χ1) is 8.96. The fraction of sp³-hybridized carbons (Fsp3) is 0.385. The molecule has 0 radical (unpaired) electrons. The van der Waals surface area contributed by atoms with E-state index in [4.69, 9.17) is 0 Å². The van der Waals surface area contributed by atoms with Crippen LogP contribution in [0.25, 0.3) is 11.0 Å². The van der Waals surface area contributed by atoms with E-state index in [1.165, 1.54) is 6.20 Å². The molecule has 1 aromatic carbocycles. The maximum Gasteiger partial charge on any atom is 0.389 e. The van der Waals surface area contributed by atoms with Gasteiger partial charge in [0, 0.05) is 18.8 Å². The summed E-state index contributed by atoms with van der Waals surface area (Å²) in [5, 5.41) is 9.86. The van der Waals surface area contributed by atoms with E-state index >= 15 is 0 Å². The van der Waals surface area contributed by atoms with Crippen LogP contribution in [0, 0.1) is 0 Å². The van der Waals surface area contributed by atoms with Crippen LogP contribution in [-0.2, 0) is 0 Å². The van der Waals surface area contributed by atoms with Crippen molar-refractivity contribution in [3.8, 4) is 0 Å². The number of aliphatic hydroxyl groups excluding tert-OH is 1. The molecule has 1 unspecified atom stereocenters. The average molecular weight is 270 g/mol. The van der Waals surface area contributed by atoms with Gasteiger partial charge in [0.25, 0.3) is 0 Å². The summed E-state index contributed by atoms with van der Waals surface area (Å²) in [6.07, 6.45) is -2.89. The Balaban J connectivity index is 2.03. The number of aliphatic hydroxyl groups is 1. The number of halogens is 3. The Hall–Kier alpha value is -1.69. The normalized spacial score (nSPS) is 13.7. The molecule has 3 nitrogen and oxygen atoms in total. The third-order valence-corrected chi connectivity index (χ3v) is 2.82. The van der Waals surface area contributed by atoms with Crippen LogP contribution in [0.3, 0.4) is 0 Å². The number of hydrogen-bond donors (Lipinski definition) is 1. The minimum absolute atomic E-state index is 0.0747. The van der Waals surface area contributed by atoms with Crippen molar-refractivity contribution in [3.63, 3.8) is 0 Å². The molecule has 102 valence electrons. The summed E-state index contributed by atoms with van der Waals surface area (Å²) >= 11 is 0. The molecule has 1 N–H and O–H groups in total. The molecular formula is C13H13F3N2O. The highest BCUT2D eigenvalue weighted by Gasteiger charge is 2.26. The molecule has 2 aromatic rings. The topological polar surface area (TPSA) is 46.0 Å². The minimum Gasteiger partial charge on any atom is -0.388 e. The van der Waals surface area contributed by atoms with Crippen LogP contribution in [0.5, 0.6) is 0 Å². The number of rotatable bonds is 4. The van der Waals surface area contributed by atoms with E-state index in [9.17, 15) is 18.3 Å². The van der Waals surface area contributed by atoms with Crippen molar-refractivity contribution in [1.82, 2.24) is 9.97 Å². The highest BCUT2D eigenvalue weighted by atomic mass is 19.4. The minimum atomic E-state index is -4.17. The van der Waals surface area contributed by atoms with Gasteiger partial charge in [-0.05, 0) is 30.5 Å². The smallest absolute Gasteiger partial charge is 0.388 e. The largest absolute Gasteiger partial charge is 0.389 e. The molecule has 1 heterocycles. The van der Waals surface area contributed by atoms with Crippen molar-refractivity contribution < 1.29 is 18.3 Å². The summed E-state index contributed by atoms with van der Waals surface area (Å²) in [6, 6.07) is 5.01. The molecule has 6 heteroatoms. The van der Waals surface area contributed by atoms with Crippen molar-refractivity contribution in [3.05, 3.63) is 36.2 Å². The van der Waals surface area contributed by atoms with E-state index < -0.39 is 18.7 Å². The molecule has 0 aliphatic carbocycles. The average Bonchev–Trinajstić information content (AvgIpc) is 2.36. The maximum atomic E-state index is 12.0. The fourth-order valence-electron chi connectivity index (χ4n) is 1.85. The molecule has 2 rings (SSSR count). The Bertz CT molecular complexity index is 557. The number of aromatic nitrogens is 2. The highest BCUT2D eigenvalue weighted by molar-refractivity contribution is 5.74. The lowest BCUT2D eigenvalue weighted by molar-refractivity contribution is -0.136.